The Balaban J connectivity index is 2.05. The Morgan fingerprint density at radius 2 is 1.59 bits per heavy atom. The molecule has 0 aromatic heterocycles. The number of nitrogens with zero attached hydrogens (tertiary/aromatic N) is 1. The van der Waals surface area contributed by atoms with Crippen molar-refractivity contribution in [3.63, 3.8) is 0 Å². The van der Waals surface area contributed by atoms with Crippen molar-refractivity contribution in [2.24, 2.45) is 0 Å². The van der Waals surface area contributed by atoms with Crippen LogP contribution in [0.3, 0.4) is 0 Å². The first-order valence-corrected chi connectivity index (χ1v) is 10.9. The lowest BCUT2D eigenvalue weighted by molar-refractivity contribution is -0.129. The minimum Gasteiger partial charge on any atom is -0.343 e. The molecule has 8 heteroatoms. The minimum absolute atomic E-state index is 0.0818. The van der Waals surface area contributed by atoms with Crippen LogP contribution in [0.25, 0.3) is 0 Å². The number of nitrogens with one attached hydrogen (secondary N) is 2. The molecular formula is C21H27N3O4S. The summed E-state index contributed by atoms with van der Waals surface area (Å²) in [6.45, 7) is 8.41. The third kappa shape index (κ3) is 5.80. The second kappa shape index (κ2) is 9.56. The summed E-state index contributed by atoms with van der Waals surface area (Å²) in [5, 5.41) is 2.59. The van der Waals surface area contributed by atoms with Gasteiger partial charge in [-0.15, -0.1) is 0 Å². The molecule has 2 aromatic carbocycles. The number of hydrogen-bond donors (Lipinski definition) is 2. The van der Waals surface area contributed by atoms with E-state index in [1.165, 1.54) is 24.3 Å². The van der Waals surface area contributed by atoms with Crippen molar-refractivity contribution in [2.75, 3.05) is 24.4 Å². The fourth-order valence-electron chi connectivity index (χ4n) is 2.84. The monoisotopic (exact) mass is 417 g/mol. The molecule has 0 unspecified atom stereocenters. The number of sulfonamides is 1. The van der Waals surface area contributed by atoms with E-state index in [9.17, 15) is 18.0 Å². The number of hydrogen-bond acceptors (Lipinski definition) is 4. The molecule has 2 aromatic rings. The van der Waals surface area contributed by atoms with Crippen molar-refractivity contribution in [1.29, 1.82) is 0 Å². The van der Waals surface area contributed by atoms with Crippen molar-refractivity contribution in [2.45, 2.75) is 32.6 Å². The van der Waals surface area contributed by atoms with Crippen LogP contribution in [0.15, 0.2) is 47.4 Å². The molecule has 2 rings (SSSR count). The van der Waals surface area contributed by atoms with Gasteiger partial charge >= 0.3 is 0 Å². The maximum Gasteiger partial charge on any atom is 0.262 e. The van der Waals surface area contributed by atoms with E-state index in [2.05, 4.69) is 10.0 Å². The standard InChI is InChI=1S/C21H27N3O4S/c1-5-24(6-2)20(25)14-22-21(26)17-9-11-18(12-10-17)23-29(27,28)19-13-15(3)7-8-16(19)4/h7-13,23H,5-6,14H2,1-4H3,(H,22,26). The van der Waals surface area contributed by atoms with Gasteiger partial charge in [-0.05, 0) is 69.2 Å². The van der Waals surface area contributed by atoms with Crippen molar-refractivity contribution < 1.29 is 18.0 Å². The molecule has 0 aliphatic heterocycles. The fourth-order valence-corrected chi connectivity index (χ4v) is 4.23. The van der Waals surface area contributed by atoms with Gasteiger partial charge in [-0.2, -0.15) is 0 Å². The Kier molecular flexibility index (Phi) is 7.39. The maximum atomic E-state index is 12.7. The van der Waals surface area contributed by atoms with Gasteiger partial charge in [0.2, 0.25) is 5.91 Å². The maximum absolute atomic E-state index is 12.7. The normalized spacial score (nSPS) is 11.0. The molecule has 0 atom stereocenters. The van der Waals surface area contributed by atoms with Gasteiger partial charge in [0.1, 0.15) is 0 Å². The number of benzene rings is 2. The number of rotatable bonds is 8. The first-order valence-electron chi connectivity index (χ1n) is 9.44. The van der Waals surface area contributed by atoms with Crippen LogP contribution in [0.2, 0.25) is 0 Å². The zero-order valence-corrected chi connectivity index (χ0v) is 18.0. The van der Waals surface area contributed by atoms with E-state index in [4.69, 9.17) is 0 Å². The molecule has 0 fully saturated rings. The Labute approximate surface area is 172 Å². The first-order chi connectivity index (χ1) is 13.7. The summed E-state index contributed by atoms with van der Waals surface area (Å²) in [7, 11) is -3.74. The molecule has 0 saturated carbocycles. The van der Waals surface area contributed by atoms with E-state index in [1.54, 1.807) is 24.0 Å². The summed E-state index contributed by atoms with van der Waals surface area (Å²) in [4.78, 5) is 26.0. The van der Waals surface area contributed by atoms with Gasteiger partial charge in [0.25, 0.3) is 15.9 Å². The Morgan fingerprint density at radius 1 is 0.966 bits per heavy atom. The van der Waals surface area contributed by atoms with E-state index in [-0.39, 0.29) is 17.3 Å². The molecule has 0 saturated heterocycles. The van der Waals surface area contributed by atoms with Crippen LogP contribution in [0, 0.1) is 13.8 Å². The number of likely N-dealkylation sites (N-methyl/N-ethyl adjacent to an activating group) is 1. The summed E-state index contributed by atoms with van der Waals surface area (Å²) < 4.78 is 27.8. The summed E-state index contributed by atoms with van der Waals surface area (Å²) in [5.41, 5.74) is 2.19. The van der Waals surface area contributed by atoms with Crippen molar-refractivity contribution in [3.8, 4) is 0 Å². The number of anilines is 1. The van der Waals surface area contributed by atoms with E-state index in [0.29, 0.717) is 29.9 Å². The Morgan fingerprint density at radius 3 is 2.17 bits per heavy atom. The van der Waals surface area contributed by atoms with Crippen LogP contribution in [-0.2, 0) is 14.8 Å². The Hall–Kier alpha value is -2.87. The molecule has 0 radical (unpaired) electrons. The molecule has 29 heavy (non-hydrogen) atoms. The number of carbonyl (C=O) groups is 2. The zero-order valence-electron chi connectivity index (χ0n) is 17.2. The summed E-state index contributed by atoms with van der Waals surface area (Å²) in [6.07, 6.45) is 0. The summed E-state index contributed by atoms with van der Waals surface area (Å²) >= 11 is 0. The smallest absolute Gasteiger partial charge is 0.262 e. The van der Waals surface area contributed by atoms with E-state index >= 15 is 0 Å². The average Bonchev–Trinajstić information content (AvgIpc) is 2.69. The second-order valence-corrected chi connectivity index (χ2v) is 8.35. The quantitative estimate of drug-likeness (QED) is 0.690. The fraction of sp³-hybridized carbons (Fsp3) is 0.333. The molecule has 7 nitrogen and oxygen atoms in total. The first kappa shape index (κ1) is 22.4. The molecule has 0 bridgehead atoms. The lowest BCUT2D eigenvalue weighted by Crippen LogP contribution is -2.39. The van der Waals surface area contributed by atoms with Crippen LogP contribution in [0.1, 0.15) is 35.3 Å². The highest BCUT2D eigenvalue weighted by Crippen LogP contribution is 2.21. The van der Waals surface area contributed by atoms with Crippen LogP contribution < -0.4 is 10.0 Å². The molecule has 0 spiro atoms. The van der Waals surface area contributed by atoms with Crippen molar-refractivity contribution >= 4 is 27.5 Å². The van der Waals surface area contributed by atoms with E-state index in [1.807, 2.05) is 26.8 Å². The SMILES string of the molecule is CCN(CC)C(=O)CNC(=O)c1ccc(NS(=O)(=O)c2cc(C)ccc2C)cc1. The third-order valence-corrected chi connectivity index (χ3v) is 6.07. The van der Waals surface area contributed by atoms with Gasteiger partial charge in [-0.3, -0.25) is 14.3 Å². The van der Waals surface area contributed by atoms with Crippen molar-refractivity contribution in [3.05, 3.63) is 59.2 Å². The van der Waals surface area contributed by atoms with Crippen molar-refractivity contribution in [1.82, 2.24) is 10.2 Å². The van der Waals surface area contributed by atoms with Gasteiger partial charge in [-0.25, -0.2) is 8.42 Å². The highest BCUT2D eigenvalue weighted by molar-refractivity contribution is 7.92. The highest BCUT2D eigenvalue weighted by Gasteiger charge is 2.18. The van der Waals surface area contributed by atoms with Crippen LogP contribution in [0.5, 0.6) is 0 Å². The van der Waals surface area contributed by atoms with Gasteiger partial charge in [0, 0.05) is 24.3 Å². The number of carbonyl (C=O) groups excluding carboxylic acids is 2. The van der Waals surface area contributed by atoms with E-state index < -0.39 is 15.9 Å². The predicted molar refractivity (Wildman–Crippen MR) is 113 cm³/mol. The highest BCUT2D eigenvalue weighted by atomic mass is 32.2. The second-order valence-electron chi connectivity index (χ2n) is 6.70. The van der Waals surface area contributed by atoms with E-state index in [0.717, 1.165) is 5.56 Å². The van der Waals surface area contributed by atoms with Gasteiger partial charge in [0.05, 0.1) is 11.4 Å². The molecular weight excluding hydrogens is 390 g/mol. The summed E-state index contributed by atoms with van der Waals surface area (Å²) in [6, 6.07) is 11.3. The minimum atomic E-state index is -3.74. The van der Waals surface area contributed by atoms with Crippen LogP contribution in [0.4, 0.5) is 5.69 Å². The Bertz CT molecular complexity index is 981. The number of aryl methyl sites for hydroxylation is 2. The topological polar surface area (TPSA) is 95.6 Å². The van der Waals surface area contributed by atoms with Gasteiger partial charge < -0.3 is 10.2 Å². The zero-order chi connectivity index (χ0) is 21.6. The molecule has 0 heterocycles. The lowest BCUT2D eigenvalue weighted by atomic mass is 10.2. The van der Waals surface area contributed by atoms with Crippen LogP contribution >= 0.6 is 0 Å². The average molecular weight is 418 g/mol. The molecule has 0 aliphatic rings. The molecule has 2 amide bonds. The molecule has 2 N–H and O–H groups in total. The lowest BCUT2D eigenvalue weighted by Gasteiger charge is -2.18. The summed E-state index contributed by atoms with van der Waals surface area (Å²) in [5.74, 6) is -0.546. The number of amides is 2. The predicted octanol–water partition coefficient (Wildman–Crippen LogP) is 2.70. The molecule has 156 valence electrons. The molecule has 0 aliphatic carbocycles. The van der Waals surface area contributed by atoms with Gasteiger partial charge in [0.15, 0.2) is 0 Å². The third-order valence-electron chi connectivity index (χ3n) is 4.55. The van der Waals surface area contributed by atoms with Gasteiger partial charge in [-0.1, -0.05) is 12.1 Å². The largest absolute Gasteiger partial charge is 0.343 e. The van der Waals surface area contributed by atoms with Crippen LogP contribution in [-0.4, -0.2) is 44.8 Å².